The molecule has 0 aliphatic heterocycles. The minimum atomic E-state index is -4.99. The number of hydrogen-bond acceptors (Lipinski definition) is 5. The fourth-order valence-electron chi connectivity index (χ4n) is 4.10. The van der Waals surface area contributed by atoms with E-state index in [2.05, 4.69) is 15.2 Å². The maximum Gasteiger partial charge on any atom is 0.416 e. The third-order valence-electron chi connectivity index (χ3n) is 6.01. The van der Waals surface area contributed by atoms with E-state index in [0.29, 0.717) is 34.2 Å². The van der Waals surface area contributed by atoms with E-state index >= 15 is 0 Å². The van der Waals surface area contributed by atoms with Crippen LogP contribution < -0.4 is 5.69 Å². The van der Waals surface area contributed by atoms with Crippen molar-refractivity contribution in [2.24, 2.45) is 0 Å². The van der Waals surface area contributed by atoms with E-state index in [9.17, 15) is 31.9 Å². The molecule has 208 valence electrons. The van der Waals surface area contributed by atoms with Crippen molar-refractivity contribution in [3.8, 4) is 17.1 Å². The number of aryl methyl sites for hydroxylation is 2. The van der Waals surface area contributed by atoms with Gasteiger partial charge in [-0.2, -0.15) is 22.0 Å². The Hall–Kier alpha value is -3.58. The second-order valence-corrected chi connectivity index (χ2v) is 9.46. The molecular weight excluding hydrogens is 547 g/mol. The lowest BCUT2D eigenvalue weighted by Gasteiger charge is -2.16. The molecule has 14 heteroatoms. The Balaban J connectivity index is 1.83. The van der Waals surface area contributed by atoms with Crippen molar-refractivity contribution in [2.45, 2.75) is 58.5 Å². The average Bonchev–Trinajstić information content (AvgIpc) is 3.41. The smallest absolute Gasteiger partial charge is 0.382 e. The molecule has 8 nitrogen and oxygen atoms in total. The van der Waals surface area contributed by atoms with Gasteiger partial charge in [0.25, 0.3) is 0 Å². The highest BCUT2D eigenvalue weighted by molar-refractivity contribution is 6.30. The number of aromatic nitrogens is 6. The maximum atomic E-state index is 14.6. The molecule has 1 atom stereocenters. The third-order valence-corrected chi connectivity index (χ3v) is 6.26. The summed E-state index contributed by atoms with van der Waals surface area (Å²) in [5.74, 6) is -4.47. The summed E-state index contributed by atoms with van der Waals surface area (Å²) in [5.41, 5.74) is 1.06. The summed E-state index contributed by atoms with van der Waals surface area (Å²) in [4.78, 5) is 17.1. The number of rotatable bonds is 8. The van der Waals surface area contributed by atoms with E-state index in [0.717, 1.165) is 14.9 Å². The Morgan fingerprint density at radius 2 is 1.72 bits per heavy atom. The van der Waals surface area contributed by atoms with Gasteiger partial charge in [0.05, 0.1) is 12.2 Å². The molecule has 0 bridgehead atoms. The zero-order valence-corrected chi connectivity index (χ0v) is 21.8. The quantitative estimate of drug-likeness (QED) is 0.304. The Bertz CT molecular complexity index is 1540. The molecule has 0 aliphatic rings. The summed E-state index contributed by atoms with van der Waals surface area (Å²) >= 11 is 5.90. The van der Waals surface area contributed by atoms with Crippen molar-refractivity contribution in [1.82, 2.24) is 29.1 Å². The highest BCUT2D eigenvalue weighted by Crippen LogP contribution is 2.30. The molecule has 0 saturated heterocycles. The minimum Gasteiger partial charge on any atom is -0.382 e. The highest BCUT2D eigenvalue weighted by Gasteiger charge is 2.39. The zero-order chi connectivity index (χ0) is 28.7. The van der Waals surface area contributed by atoms with Crippen molar-refractivity contribution in [2.75, 3.05) is 0 Å². The van der Waals surface area contributed by atoms with Crippen LogP contribution in [0.2, 0.25) is 5.02 Å². The lowest BCUT2D eigenvalue weighted by atomic mass is 10.1. The number of halogens is 6. The van der Waals surface area contributed by atoms with Crippen LogP contribution in [0.4, 0.5) is 22.0 Å². The van der Waals surface area contributed by atoms with Crippen LogP contribution in [0.1, 0.15) is 36.6 Å². The second-order valence-electron chi connectivity index (χ2n) is 9.03. The first kappa shape index (κ1) is 28.4. The molecule has 0 saturated carbocycles. The molecule has 39 heavy (non-hydrogen) atoms. The van der Waals surface area contributed by atoms with Gasteiger partial charge in [0.1, 0.15) is 6.54 Å². The van der Waals surface area contributed by atoms with Crippen LogP contribution >= 0.6 is 11.6 Å². The van der Waals surface area contributed by atoms with Crippen LogP contribution in [-0.2, 0) is 25.4 Å². The molecule has 0 amide bonds. The molecule has 2 aromatic heterocycles. The maximum absolute atomic E-state index is 14.6. The molecule has 0 fully saturated rings. The van der Waals surface area contributed by atoms with E-state index in [1.54, 1.807) is 25.1 Å². The summed E-state index contributed by atoms with van der Waals surface area (Å²) in [6.07, 6.45) is -7.32. The summed E-state index contributed by atoms with van der Waals surface area (Å²) in [6, 6.07) is 11.1. The lowest BCUT2D eigenvalue weighted by Crippen LogP contribution is -2.37. The van der Waals surface area contributed by atoms with Crippen molar-refractivity contribution >= 4 is 11.6 Å². The van der Waals surface area contributed by atoms with Crippen molar-refractivity contribution < 1.29 is 27.1 Å². The standard InChI is InChI=1S/C25H24ClF5N6O2/c1-4-15-7-5-6-14(2)20(15)37-22(24(3,27)28)32-19(33-37)13-36-23(39)35(12-18(38)25(29,30)31)21(34-36)16-8-10-17(26)11-9-16/h5-11,18,38H,4,12-13H2,1-3H3. The normalized spacial score (nSPS) is 13.2. The summed E-state index contributed by atoms with van der Waals surface area (Å²) in [6.45, 7) is 2.62. The number of nitrogens with zero attached hydrogens (tertiary/aromatic N) is 6. The van der Waals surface area contributed by atoms with Gasteiger partial charge >= 0.3 is 17.8 Å². The summed E-state index contributed by atoms with van der Waals surface area (Å²) in [7, 11) is 0. The van der Waals surface area contributed by atoms with Gasteiger partial charge in [-0.15, -0.1) is 10.2 Å². The van der Waals surface area contributed by atoms with E-state index in [4.69, 9.17) is 11.6 Å². The first-order chi connectivity index (χ1) is 18.2. The first-order valence-electron chi connectivity index (χ1n) is 11.8. The molecule has 4 rings (SSSR count). The van der Waals surface area contributed by atoms with E-state index in [1.165, 1.54) is 24.3 Å². The predicted octanol–water partition coefficient (Wildman–Crippen LogP) is 4.90. The fourth-order valence-corrected chi connectivity index (χ4v) is 4.23. The average molecular weight is 571 g/mol. The number of benzene rings is 2. The first-order valence-corrected chi connectivity index (χ1v) is 12.2. The van der Waals surface area contributed by atoms with E-state index < -0.39 is 42.8 Å². The van der Waals surface area contributed by atoms with Crippen LogP contribution in [0.15, 0.2) is 47.3 Å². The highest BCUT2D eigenvalue weighted by atomic mass is 35.5. The molecule has 2 aromatic carbocycles. The molecule has 4 aromatic rings. The molecule has 1 N–H and O–H groups in total. The Morgan fingerprint density at radius 1 is 1.05 bits per heavy atom. The molecule has 0 spiro atoms. The number of aliphatic hydroxyl groups excluding tert-OH is 1. The predicted molar refractivity (Wildman–Crippen MR) is 133 cm³/mol. The van der Waals surface area contributed by atoms with Gasteiger partial charge in [-0.25, -0.2) is 19.1 Å². The van der Waals surface area contributed by atoms with Crippen molar-refractivity contribution in [3.63, 3.8) is 0 Å². The molecule has 1 unspecified atom stereocenters. The van der Waals surface area contributed by atoms with Gasteiger partial charge < -0.3 is 5.11 Å². The third kappa shape index (κ3) is 5.88. The molecule has 0 aliphatic carbocycles. The number of aliphatic hydroxyl groups is 1. The van der Waals surface area contributed by atoms with Gasteiger partial charge in [0.2, 0.25) is 5.82 Å². The van der Waals surface area contributed by atoms with Crippen LogP contribution in [0, 0.1) is 6.92 Å². The number of hydrogen-bond donors (Lipinski definition) is 1. The van der Waals surface area contributed by atoms with Gasteiger partial charge in [0.15, 0.2) is 17.8 Å². The second kappa shape index (κ2) is 10.5. The molecule has 2 heterocycles. The Labute approximate surface area is 224 Å². The minimum absolute atomic E-state index is 0.187. The van der Waals surface area contributed by atoms with E-state index in [1.807, 2.05) is 6.92 Å². The lowest BCUT2D eigenvalue weighted by molar-refractivity contribution is -0.207. The van der Waals surface area contributed by atoms with Gasteiger partial charge in [-0.1, -0.05) is 36.7 Å². The number of alkyl halides is 5. The molecule has 0 radical (unpaired) electrons. The van der Waals surface area contributed by atoms with Crippen molar-refractivity contribution in [1.29, 1.82) is 0 Å². The van der Waals surface area contributed by atoms with E-state index in [-0.39, 0.29) is 17.2 Å². The van der Waals surface area contributed by atoms with Gasteiger partial charge in [-0.3, -0.25) is 4.57 Å². The molecular formula is C25H24ClF5N6O2. The largest absolute Gasteiger partial charge is 0.416 e. The number of para-hydroxylation sites is 1. The van der Waals surface area contributed by atoms with Gasteiger partial charge in [0, 0.05) is 17.5 Å². The van der Waals surface area contributed by atoms with Crippen LogP contribution in [0.5, 0.6) is 0 Å². The zero-order valence-electron chi connectivity index (χ0n) is 21.0. The van der Waals surface area contributed by atoms with Crippen LogP contribution in [-0.4, -0.2) is 46.5 Å². The summed E-state index contributed by atoms with van der Waals surface area (Å²) in [5, 5.41) is 18.4. The Kier molecular flexibility index (Phi) is 7.68. The summed E-state index contributed by atoms with van der Waals surface area (Å²) < 4.78 is 71.0. The monoisotopic (exact) mass is 570 g/mol. The van der Waals surface area contributed by atoms with Crippen LogP contribution in [0.25, 0.3) is 17.1 Å². The van der Waals surface area contributed by atoms with Gasteiger partial charge in [-0.05, 0) is 48.7 Å². The Morgan fingerprint density at radius 3 is 2.31 bits per heavy atom. The van der Waals surface area contributed by atoms with Crippen LogP contribution in [0.3, 0.4) is 0 Å². The SMILES string of the molecule is CCc1cccc(C)c1-n1nc(Cn2nc(-c3ccc(Cl)cc3)n(CC(O)C(F)(F)F)c2=O)nc1C(C)(F)F. The topological polar surface area (TPSA) is 90.8 Å². The fraction of sp³-hybridized carbons (Fsp3) is 0.360. The van der Waals surface area contributed by atoms with Crippen molar-refractivity contribution in [3.05, 3.63) is 80.7 Å².